The Morgan fingerprint density at radius 3 is 2.36 bits per heavy atom. The van der Waals surface area contributed by atoms with E-state index in [1.54, 1.807) is 17.0 Å². The minimum atomic E-state index is -0.532. The van der Waals surface area contributed by atoms with Crippen LogP contribution >= 0.6 is 0 Å². The first-order chi connectivity index (χ1) is 13.5. The molecule has 1 aliphatic rings. The van der Waals surface area contributed by atoms with Crippen molar-refractivity contribution in [3.63, 3.8) is 0 Å². The van der Waals surface area contributed by atoms with E-state index in [0.717, 1.165) is 5.75 Å². The highest BCUT2D eigenvalue weighted by Gasteiger charge is 2.26. The average molecular weight is 383 g/mol. The molecule has 0 aromatic heterocycles. The SMILES string of the molecule is C[C@@H]1CN(C(=O)COC(=O)c2ccccc2COc2ccccc2)C[C@@H](C)O1. The van der Waals surface area contributed by atoms with Gasteiger partial charge in [-0.15, -0.1) is 0 Å². The van der Waals surface area contributed by atoms with Crippen molar-refractivity contribution in [2.24, 2.45) is 0 Å². The second-order valence-electron chi connectivity index (χ2n) is 6.89. The van der Waals surface area contributed by atoms with E-state index in [4.69, 9.17) is 14.2 Å². The van der Waals surface area contributed by atoms with Crippen LogP contribution in [-0.4, -0.2) is 48.7 Å². The van der Waals surface area contributed by atoms with E-state index in [1.807, 2.05) is 56.3 Å². The number of hydrogen-bond donors (Lipinski definition) is 0. The Hall–Kier alpha value is -2.86. The van der Waals surface area contributed by atoms with Crippen molar-refractivity contribution in [2.75, 3.05) is 19.7 Å². The van der Waals surface area contributed by atoms with E-state index >= 15 is 0 Å². The van der Waals surface area contributed by atoms with Crippen LogP contribution in [0.4, 0.5) is 0 Å². The number of carbonyl (C=O) groups excluding carboxylic acids is 2. The molecule has 0 saturated carbocycles. The van der Waals surface area contributed by atoms with Crippen molar-refractivity contribution in [3.05, 3.63) is 65.7 Å². The van der Waals surface area contributed by atoms with Gasteiger partial charge >= 0.3 is 5.97 Å². The summed E-state index contributed by atoms with van der Waals surface area (Å²) in [4.78, 5) is 26.6. The molecule has 0 N–H and O–H groups in total. The van der Waals surface area contributed by atoms with E-state index < -0.39 is 5.97 Å². The number of hydrogen-bond acceptors (Lipinski definition) is 5. The van der Waals surface area contributed by atoms with Gasteiger partial charge in [0.15, 0.2) is 6.61 Å². The third-order valence-corrected chi connectivity index (χ3v) is 4.47. The molecule has 6 heteroatoms. The van der Waals surface area contributed by atoms with Crippen molar-refractivity contribution >= 4 is 11.9 Å². The standard InChI is InChI=1S/C22H25NO5/c1-16-12-23(13-17(2)28-16)21(24)15-27-22(25)20-11-7-6-8-18(20)14-26-19-9-4-3-5-10-19/h3-11,16-17H,12-15H2,1-2H3/t16-,17-/m1/s1. The fourth-order valence-corrected chi connectivity index (χ4v) is 3.20. The zero-order valence-electron chi connectivity index (χ0n) is 16.2. The van der Waals surface area contributed by atoms with Crippen LogP contribution in [-0.2, 0) is 20.9 Å². The Morgan fingerprint density at radius 2 is 1.64 bits per heavy atom. The predicted molar refractivity (Wildman–Crippen MR) is 104 cm³/mol. The summed E-state index contributed by atoms with van der Waals surface area (Å²) >= 11 is 0. The summed E-state index contributed by atoms with van der Waals surface area (Å²) in [5.41, 5.74) is 1.10. The number of amides is 1. The maximum Gasteiger partial charge on any atom is 0.339 e. The first kappa shape index (κ1) is 19.9. The second-order valence-corrected chi connectivity index (χ2v) is 6.89. The van der Waals surface area contributed by atoms with Gasteiger partial charge in [-0.2, -0.15) is 0 Å². The topological polar surface area (TPSA) is 65.1 Å². The Balaban J connectivity index is 1.57. The Bertz CT molecular complexity index is 798. The number of para-hydroxylation sites is 1. The Morgan fingerprint density at radius 1 is 1.00 bits per heavy atom. The first-order valence-corrected chi connectivity index (χ1v) is 9.39. The molecule has 6 nitrogen and oxygen atoms in total. The van der Waals surface area contributed by atoms with Gasteiger partial charge in [0, 0.05) is 18.7 Å². The molecule has 3 rings (SSSR count). The molecule has 2 aromatic carbocycles. The predicted octanol–water partition coefficient (Wildman–Crippen LogP) is 3.06. The van der Waals surface area contributed by atoms with E-state index in [9.17, 15) is 9.59 Å². The molecule has 0 aliphatic carbocycles. The van der Waals surface area contributed by atoms with Crippen LogP contribution in [0.25, 0.3) is 0 Å². The fraction of sp³-hybridized carbons (Fsp3) is 0.364. The molecule has 0 radical (unpaired) electrons. The van der Waals surface area contributed by atoms with Crippen molar-refractivity contribution in [3.8, 4) is 5.75 Å². The molecule has 0 unspecified atom stereocenters. The zero-order chi connectivity index (χ0) is 19.9. The molecule has 1 fully saturated rings. The van der Waals surface area contributed by atoms with Gasteiger partial charge in [0.25, 0.3) is 5.91 Å². The Kier molecular flexibility index (Phi) is 6.66. The molecule has 0 spiro atoms. The van der Waals surface area contributed by atoms with Gasteiger partial charge < -0.3 is 19.1 Å². The summed E-state index contributed by atoms with van der Waals surface area (Å²) in [6, 6.07) is 16.5. The molecule has 1 aliphatic heterocycles. The van der Waals surface area contributed by atoms with Crippen molar-refractivity contribution in [1.82, 2.24) is 4.90 Å². The van der Waals surface area contributed by atoms with Gasteiger partial charge in [-0.3, -0.25) is 4.79 Å². The van der Waals surface area contributed by atoms with E-state index in [0.29, 0.717) is 24.2 Å². The molecular weight excluding hydrogens is 358 g/mol. The van der Waals surface area contributed by atoms with E-state index in [2.05, 4.69) is 0 Å². The molecule has 1 heterocycles. The number of esters is 1. The number of morpholine rings is 1. The van der Waals surface area contributed by atoms with Crippen LogP contribution in [0.2, 0.25) is 0 Å². The maximum atomic E-state index is 12.5. The summed E-state index contributed by atoms with van der Waals surface area (Å²) in [6.45, 7) is 4.80. The summed E-state index contributed by atoms with van der Waals surface area (Å²) in [7, 11) is 0. The van der Waals surface area contributed by atoms with Crippen LogP contribution in [0.3, 0.4) is 0 Å². The summed E-state index contributed by atoms with van der Waals surface area (Å²) < 4.78 is 16.6. The van der Waals surface area contributed by atoms with E-state index in [1.165, 1.54) is 0 Å². The molecular formula is C22H25NO5. The number of benzene rings is 2. The third-order valence-electron chi connectivity index (χ3n) is 4.47. The first-order valence-electron chi connectivity index (χ1n) is 9.39. The van der Waals surface area contributed by atoms with Crippen LogP contribution in [0.1, 0.15) is 29.8 Å². The summed E-state index contributed by atoms with van der Waals surface area (Å²) in [5, 5.41) is 0. The monoisotopic (exact) mass is 383 g/mol. The minimum absolute atomic E-state index is 0.0285. The number of carbonyl (C=O) groups is 2. The van der Waals surface area contributed by atoms with Crippen molar-refractivity contribution < 1.29 is 23.8 Å². The summed E-state index contributed by atoms with van der Waals surface area (Å²) in [6.07, 6.45) is -0.0569. The molecule has 2 aromatic rings. The van der Waals surface area contributed by atoms with Crippen molar-refractivity contribution in [2.45, 2.75) is 32.7 Å². The molecule has 1 amide bonds. The molecule has 2 atom stereocenters. The maximum absolute atomic E-state index is 12.5. The number of ether oxygens (including phenoxy) is 3. The lowest BCUT2D eigenvalue weighted by Crippen LogP contribution is -2.49. The van der Waals surface area contributed by atoms with Gasteiger partial charge in [0.2, 0.25) is 0 Å². The molecule has 1 saturated heterocycles. The van der Waals surface area contributed by atoms with Crippen LogP contribution in [0, 0.1) is 0 Å². The molecule has 28 heavy (non-hydrogen) atoms. The van der Waals surface area contributed by atoms with Crippen molar-refractivity contribution in [1.29, 1.82) is 0 Å². The lowest BCUT2D eigenvalue weighted by atomic mass is 10.1. The van der Waals surface area contributed by atoms with Gasteiger partial charge in [0.05, 0.1) is 17.8 Å². The largest absolute Gasteiger partial charge is 0.489 e. The Labute approximate surface area is 165 Å². The summed E-state index contributed by atoms with van der Waals surface area (Å²) in [5.74, 6) is -0.0280. The highest BCUT2D eigenvalue weighted by molar-refractivity contribution is 5.92. The molecule has 148 valence electrons. The van der Waals surface area contributed by atoms with E-state index in [-0.39, 0.29) is 31.3 Å². The lowest BCUT2D eigenvalue weighted by molar-refractivity contribution is -0.146. The minimum Gasteiger partial charge on any atom is -0.489 e. The van der Waals surface area contributed by atoms with Crippen LogP contribution in [0.5, 0.6) is 5.75 Å². The molecule has 0 bridgehead atoms. The smallest absolute Gasteiger partial charge is 0.339 e. The third kappa shape index (κ3) is 5.33. The highest BCUT2D eigenvalue weighted by atomic mass is 16.5. The van der Waals surface area contributed by atoms with Gasteiger partial charge in [-0.25, -0.2) is 4.79 Å². The fourth-order valence-electron chi connectivity index (χ4n) is 3.20. The number of nitrogens with zero attached hydrogens (tertiary/aromatic N) is 1. The van der Waals surface area contributed by atoms with Crippen LogP contribution < -0.4 is 4.74 Å². The van der Waals surface area contributed by atoms with Crippen LogP contribution in [0.15, 0.2) is 54.6 Å². The lowest BCUT2D eigenvalue weighted by Gasteiger charge is -2.35. The van der Waals surface area contributed by atoms with Gasteiger partial charge in [-0.1, -0.05) is 36.4 Å². The van der Waals surface area contributed by atoms with Gasteiger partial charge in [0.1, 0.15) is 12.4 Å². The second kappa shape index (κ2) is 9.37. The zero-order valence-corrected chi connectivity index (χ0v) is 16.2. The van der Waals surface area contributed by atoms with Gasteiger partial charge in [-0.05, 0) is 32.0 Å². The number of rotatable bonds is 6. The normalized spacial score (nSPS) is 19.1. The average Bonchev–Trinajstić information content (AvgIpc) is 2.70. The highest BCUT2D eigenvalue weighted by Crippen LogP contribution is 2.16. The quantitative estimate of drug-likeness (QED) is 0.718.